The highest BCUT2D eigenvalue weighted by Gasteiger charge is 2.53. The van der Waals surface area contributed by atoms with E-state index in [0.29, 0.717) is 11.8 Å². The highest BCUT2D eigenvalue weighted by Crippen LogP contribution is 2.49. The van der Waals surface area contributed by atoms with Crippen molar-refractivity contribution in [2.24, 2.45) is 11.8 Å². The molecule has 0 aromatic carbocycles. The Bertz CT molecular complexity index is 352. The van der Waals surface area contributed by atoms with E-state index in [1.54, 1.807) is 0 Å². The molecule has 4 heteroatoms. The third-order valence-corrected chi connectivity index (χ3v) is 5.89. The van der Waals surface area contributed by atoms with Crippen LogP contribution in [0.4, 0.5) is 0 Å². The third-order valence-electron chi connectivity index (χ3n) is 4.07. The van der Waals surface area contributed by atoms with Crippen molar-refractivity contribution in [3.05, 3.63) is 0 Å². The normalized spacial score (nSPS) is 29.2. The number of carbonyl (C=O) groups is 1. The summed E-state index contributed by atoms with van der Waals surface area (Å²) in [5.41, 5.74) is 0. The lowest BCUT2D eigenvalue weighted by Crippen LogP contribution is -2.49. The maximum atomic E-state index is 12.7. The molecule has 1 heterocycles. The molecule has 2 aliphatic rings. The largest absolute Gasteiger partial charge is 0.357 e. The van der Waals surface area contributed by atoms with Gasteiger partial charge in [0.05, 0.1) is 10.1 Å². The Hall–Kier alpha value is -0.220. The van der Waals surface area contributed by atoms with Gasteiger partial charge in [-0.3, -0.25) is 4.79 Å². The highest BCUT2D eigenvalue weighted by atomic mass is 32.2. The number of unbranched alkanes of at least 4 members (excludes halogenated alkanes) is 1. The van der Waals surface area contributed by atoms with E-state index in [1.165, 1.54) is 0 Å². The van der Waals surface area contributed by atoms with Gasteiger partial charge in [0, 0.05) is 12.5 Å². The van der Waals surface area contributed by atoms with E-state index in [-0.39, 0.29) is 22.3 Å². The molecule has 0 spiro atoms. The van der Waals surface area contributed by atoms with E-state index >= 15 is 0 Å². The van der Waals surface area contributed by atoms with Crippen LogP contribution in [0, 0.1) is 11.8 Å². The number of hydrogen-bond acceptors (Lipinski definition) is 3. The quantitative estimate of drug-likeness (QED) is 0.697. The molecule has 2 fully saturated rings. The minimum atomic E-state index is -0.0699. The van der Waals surface area contributed by atoms with Crippen LogP contribution in [-0.2, 0) is 9.53 Å². The minimum absolute atomic E-state index is 0.0206. The minimum Gasteiger partial charge on any atom is -0.357 e. The van der Waals surface area contributed by atoms with E-state index < -0.39 is 0 Å². The van der Waals surface area contributed by atoms with E-state index in [0.717, 1.165) is 32.3 Å². The molecule has 0 aromatic rings. The summed E-state index contributed by atoms with van der Waals surface area (Å²) < 4.78 is 6.11. The fourth-order valence-electron chi connectivity index (χ4n) is 2.75. The summed E-state index contributed by atoms with van der Waals surface area (Å²) in [4.78, 5) is 14.8. The molecule has 1 saturated heterocycles. The Labute approximate surface area is 127 Å². The zero-order valence-corrected chi connectivity index (χ0v) is 14.3. The van der Waals surface area contributed by atoms with Gasteiger partial charge in [-0.05, 0) is 39.0 Å². The van der Waals surface area contributed by atoms with Crippen molar-refractivity contribution in [2.45, 2.75) is 76.7 Å². The molecule has 0 aromatic heterocycles. The van der Waals surface area contributed by atoms with Gasteiger partial charge in [0.1, 0.15) is 6.23 Å². The molecule has 1 aliphatic carbocycles. The molecule has 2 rings (SSSR count). The highest BCUT2D eigenvalue weighted by molar-refractivity contribution is 8.01. The lowest BCUT2D eigenvalue weighted by Gasteiger charge is -2.34. The molecule has 2 atom stereocenters. The molecule has 0 radical (unpaired) electrons. The number of ether oxygens (including phenoxy) is 1. The molecule has 0 N–H and O–H groups in total. The van der Waals surface area contributed by atoms with Gasteiger partial charge in [0.2, 0.25) is 5.91 Å². The summed E-state index contributed by atoms with van der Waals surface area (Å²) >= 11 is 1.90. The first-order valence-corrected chi connectivity index (χ1v) is 8.88. The van der Waals surface area contributed by atoms with E-state index in [4.69, 9.17) is 4.74 Å². The second-order valence-corrected chi connectivity index (χ2v) is 8.72. The predicted molar refractivity (Wildman–Crippen MR) is 84.5 cm³/mol. The standard InChI is InChI=1S/C16H29NO2S/c1-6-7-10-19-15-16(4,5)20-14(11(2)3)17(15)13(18)12-8-9-12/h11-12,14-15H,6-10H2,1-5H3. The van der Waals surface area contributed by atoms with Gasteiger partial charge in [-0.2, -0.15) is 0 Å². The molecule has 1 aliphatic heterocycles. The number of carbonyl (C=O) groups excluding carboxylic acids is 1. The summed E-state index contributed by atoms with van der Waals surface area (Å²) in [7, 11) is 0. The first kappa shape index (κ1) is 16.2. The lowest BCUT2D eigenvalue weighted by atomic mass is 10.1. The van der Waals surface area contributed by atoms with Crippen molar-refractivity contribution in [1.82, 2.24) is 4.90 Å². The SMILES string of the molecule is CCCCOC1N(C(=O)C2CC2)C(C(C)C)SC1(C)C. The number of amides is 1. The van der Waals surface area contributed by atoms with E-state index in [2.05, 4.69) is 39.5 Å². The summed E-state index contributed by atoms with van der Waals surface area (Å²) in [6.45, 7) is 11.8. The van der Waals surface area contributed by atoms with Crippen LogP contribution < -0.4 is 0 Å². The first-order valence-electron chi connectivity index (χ1n) is 8.00. The van der Waals surface area contributed by atoms with Gasteiger partial charge in [-0.25, -0.2) is 0 Å². The summed E-state index contributed by atoms with van der Waals surface area (Å²) in [5, 5.41) is 0.254. The third kappa shape index (κ3) is 3.33. The van der Waals surface area contributed by atoms with Crippen LogP contribution >= 0.6 is 11.8 Å². The van der Waals surface area contributed by atoms with Gasteiger partial charge in [0.25, 0.3) is 0 Å². The number of rotatable bonds is 6. The van der Waals surface area contributed by atoms with Gasteiger partial charge in [-0.1, -0.05) is 27.2 Å². The molecule has 1 amide bonds. The smallest absolute Gasteiger partial charge is 0.228 e. The van der Waals surface area contributed by atoms with Crippen molar-refractivity contribution in [2.75, 3.05) is 6.61 Å². The van der Waals surface area contributed by atoms with Crippen LogP contribution in [0.15, 0.2) is 0 Å². The number of nitrogens with zero attached hydrogens (tertiary/aromatic N) is 1. The fraction of sp³-hybridized carbons (Fsp3) is 0.938. The van der Waals surface area contributed by atoms with Gasteiger partial charge >= 0.3 is 0 Å². The Morgan fingerprint density at radius 1 is 1.40 bits per heavy atom. The van der Waals surface area contributed by atoms with Crippen LogP contribution in [0.1, 0.15) is 60.3 Å². The van der Waals surface area contributed by atoms with Crippen LogP contribution in [-0.4, -0.2) is 33.8 Å². The van der Waals surface area contributed by atoms with Crippen LogP contribution in [0.3, 0.4) is 0 Å². The van der Waals surface area contributed by atoms with Crippen molar-refractivity contribution >= 4 is 17.7 Å². The van der Waals surface area contributed by atoms with Crippen molar-refractivity contribution in [3.8, 4) is 0 Å². The van der Waals surface area contributed by atoms with Crippen LogP contribution in [0.5, 0.6) is 0 Å². The second-order valence-electron chi connectivity index (χ2n) is 6.95. The Morgan fingerprint density at radius 2 is 2.05 bits per heavy atom. The second kappa shape index (κ2) is 6.27. The summed E-state index contributed by atoms with van der Waals surface area (Å²) in [6.07, 6.45) is 4.25. The molecule has 3 nitrogen and oxygen atoms in total. The maximum absolute atomic E-state index is 12.7. The van der Waals surface area contributed by atoms with Crippen molar-refractivity contribution < 1.29 is 9.53 Å². The Kier molecular flexibility index (Phi) is 5.06. The molecule has 1 saturated carbocycles. The molecular formula is C16H29NO2S. The summed E-state index contributed by atoms with van der Waals surface area (Å²) in [5.74, 6) is 1.05. The van der Waals surface area contributed by atoms with Gasteiger partial charge < -0.3 is 9.64 Å². The average molecular weight is 299 g/mol. The molecule has 116 valence electrons. The zero-order valence-electron chi connectivity index (χ0n) is 13.5. The van der Waals surface area contributed by atoms with Crippen LogP contribution in [0.2, 0.25) is 0 Å². The number of hydrogen-bond donors (Lipinski definition) is 0. The van der Waals surface area contributed by atoms with Crippen LogP contribution in [0.25, 0.3) is 0 Å². The average Bonchev–Trinajstić information content (AvgIpc) is 3.16. The fourth-order valence-corrected chi connectivity index (χ4v) is 4.27. The maximum Gasteiger partial charge on any atom is 0.228 e. The predicted octanol–water partition coefficient (Wildman–Crippen LogP) is 3.88. The molecular weight excluding hydrogens is 270 g/mol. The topological polar surface area (TPSA) is 29.5 Å². The Morgan fingerprint density at radius 3 is 2.55 bits per heavy atom. The first-order chi connectivity index (χ1) is 9.38. The number of thioether (sulfide) groups is 1. The molecule has 20 heavy (non-hydrogen) atoms. The Balaban J connectivity index is 2.15. The van der Waals surface area contributed by atoms with Gasteiger partial charge in [-0.15, -0.1) is 11.8 Å². The van der Waals surface area contributed by atoms with Gasteiger partial charge in [0.15, 0.2) is 0 Å². The molecule has 0 bridgehead atoms. The monoisotopic (exact) mass is 299 g/mol. The van der Waals surface area contributed by atoms with E-state index in [1.807, 2.05) is 11.8 Å². The zero-order chi connectivity index (χ0) is 14.9. The van der Waals surface area contributed by atoms with Crippen molar-refractivity contribution in [1.29, 1.82) is 0 Å². The van der Waals surface area contributed by atoms with Crippen molar-refractivity contribution in [3.63, 3.8) is 0 Å². The lowest BCUT2D eigenvalue weighted by molar-refractivity contribution is -0.151. The molecule has 2 unspecified atom stereocenters. The van der Waals surface area contributed by atoms with E-state index in [9.17, 15) is 4.79 Å². The summed E-state index contributed by atoms with van der Waals surface area (Å²) in [6, 6.07) is 0.